The van der Waals surface area contributed by atoms with E-state index in [2.05, 4.69) is 5.32 Å². The van der Waals surface area contributed by atoms with E-state index in [0.29, 0.717) is 16.4 Å². The monoisotopic (exact) mass is 299 g/mol. The highest BCUT2D eigenvalue weighted by atomic mass is 35.5. The summed E-state index contributed by atoms with van der Waals surface area (Å²) in [5.41, 5.74) is 6.53. The zero-order valence-corrected chi connectivity index (χ0v) is 11.8. The van der Waals surface area contributed by atoms with E-state index in [1.807, 2.05) is 6.92 Å². The van der Waals surface area contributed by atoms with Crippen LogP contribution in [0.2, 0.25) is 0 Å². The van der Waals surface area contributed by atoms with E-state index in [1.54, 1.807) is 12.1 Å². The van der Waals surface area contributed by atoms with Gasteiger partial charge in [-0.15, -0.1) is 24.8 Å². The van der Waals surface area contributed by atoms with Crippen molar-refractivity contribution >= 4 is 47.4 Å². The lowest BCUT2D eigenvalue weighted by atomic mass is 10.2. The van der Waals surface area contributed by atoms with Crippen molar-refractivity contribution in [3.05, 3.63) is 29.6 Å². The van der Waals surface area contributed by atoms with Crippen LogP contribution < -0.4 is 11.1 Å². The summed E-state index contributed by atoms with van der Waals surface area (Å²) in [5.74, 6) is 0.522. The van der Waals surface area contributed by atoms with Gasteiger partial charge in [-0.2, -0.15) is 0 Å². The lowest BCUT2D eigenvalue weighted by Gasteiger charge is -2.08. The molecule has 0 aliphatic rings. The van der Waals surface area contributed by atoms with E-state index in [4.69, 9.17) is 11.1 Å². The van der Waals surface area contributed by atoms with Crippen molar-refractivity contribution in [1.82, 2.24) is 0 Å². The number of hydrogen-bond donors (Lipinski definition) is 3. The number of thioether (sulfide) groups is 1. The number of anilines is 1. The third kappa shape index (κ3) is 6.12. The van der Waals surface area contributed by atoms with Crippen molar-refractivity contribution in [2.24, 2.45) is 5.73 Å². The van der Waals surface area contributed by atoms with Gasteiger partial charge in [0.1, 0.15) is 5.82 Å². The standard InChI is InChI=1S/C10H14FN3S.2ClH/c1-2-15-10(13)14-8-3-4-9(11)7(5-8)6-12;;/h3-5H,2,6,12H2,1H3,(H2,13,14);2*1H. The smallest absolute Gasteiger partial charge is 0.158 e. The molecular weight excluding hydrogens is 284 g/mol. The second kappa shape index (κ2) is 9.53. The van der Waals surface area contributed by atoms with Gasteiger partial charge in [-0.1, -0.05) is 18.7 Å². The Morgan fingerprint density at radius 2 is 2.12 bits per heavy atom. The number of nitrogens with two attached hydrogens (primary N) is 1. The zero-order chi connectivity index (χ0) is 11.3. The lowest BCUT2D eigenvalue weighted by Crippen LogP contribution is -2.08. The molecule has 1 rings (SSSR count). The summed E-state index contributed by atoms with van der Waals surface area (Å²) in [4.78, 5) is 0. The molecule has 0 aliphatic heterocycles. The summed E-state index contributed by atoms with van der Waals surface area (Å²) in [6.45, 7) is 2.13. The fourth-order valence-corrected chi connectivity index (χ4v) is 1.60. The Morgan fingerprint density at radius 3 is 2.65 bits per heavy atom. The van der Waals surface area contributed by atoms with Gasteiger partial charge in [0.2, 0.25) is 0 Å². The molecule has 0 radical (unpaired) electrons. The molecule has 0 unspecified atom stereocenters. The molecule has 98 valence electrons. The van der Waals surface area contributed by atoms with E-state index >= 15 is 0 Å². The number of rotatable bonds is 3. The van der Waals surface area contributed by atoms with Crippen LogP contribution in [0.5, 0.6) is 0 Å². The molecule has 17 heavy (non-hydrogen) atoms. The summed E-state index contributed by atoms with van der Waals surface area (Å²) >= 11 is 1.39. The Kier molecular flexibility index (Phi) is 10.6. The van der Waals surface area contributed by atoms with Gasteiger partial charge in [-0.3, -0.25) is 5.41 Å². The fraction of sp³-hybridized carbons (Fsp3) is 0.300. The Balaban J connectivity index is 0. The van der Waals surface area contributed by atoms with Crippen LogP contribution in [0, 0.1) is 11.2 Å². The average molecular weight is 300 g/mol. The Labute approximate surface area is 117 Å². The van der Waals surface area contributed by atoms with Gasteiger partial charge >= 0.3 is 0 Å². The van der Waals surface area contributed by atoms with Crippen molar-refractivity contribution in [1.29, 1.82) is 5.41 Å². The summed E-state index contributed by atoms with van der Waals surface area (Å²) in [7, 11) is 0. The van der Waals surface area contributed by atoms with Crippen LogP contribution in [0.15, 0.2) is 18.2 Å². The van der Waals surface area contributed by atoms with Gasteiger partial charge in [-0.25, -0.2) is 4.39 Å². The van der Waals surface area contributed by atoms with Crippen LogP contribution in [0.3, 0.4) is 0 Å². The van der Waals surface area contributed by atoms with Gasteiger partial charge in [0.25, 0.3) is 0 Å². The molecule has 1 aromatic rings. The second-order valence-electron chi connectivity index (χ2n) is 2.90. The van der Waals surface area contributed by atoms with Crippen LogP contribution in [-0.4, -0.2) is 10.9 Å². The maximum absolute atomic E-state index is 13.1. The molecule has 0 atom stereocenters. The predicted molar refractivity (Wildman–Crippen MR) is 78.3 cm³/mol. The lowest BCUT2D eigenvalue weighted by molar-refractivity contribution is 0.611. The van der Waals surface area contributed by atoms with Crippen LogP contribution in [-0.2, 0) is 6.54 Å². The molecule has 0 aromatic heterocycles. The molecule has 0 amide bonds. The van der Waals surface area contributed by atoms with Crippen LogP contribution in [0.1, 0.15) is 12.5 Å². The van der Waals surface area contributed by atoms with Gasteiger partial charge in [0, 0.05) is 17.8 Å². The molecule has 0 saturated carbocycles. The van der Waals surface area contributed by atoms with Gasteiger partial charge in [0.05, 0.1) is 0 Å². The summed E-state index contributed by atoms with van der Waals surface area (Å²) < 4.78 is 13.1. The largest absolute Gasteiger partial charge is 0.335 e. The molecule has 4 N–H and O–H groups in total. The Morgan fingerprint density at radius 1 is 1.47 bits per heavy atom. The maximum atomic E-state index is 13.1. The van der Waals surface area contributed by atoms with Crippen molar-refractivity contribution < 1.29 is 4.39 Å². The van der Waals surface area contributed by atoms with E-state index in [-0.39, 0.29) is 37.2 Å². The normalized spacial score (nSPS) is 8.88. The summed E-state index contributed by atoms with van der Waals surface area (Å²) in [6, 6.07) is 4.58. The fourth-order valence-electron chi connectivity index (χ4n) is 1.12. The van der Waals surface area contributed by atoms with E-state index in [0.717, 1.165) is 5.75 Å². The first-order chi connectivity index (χ1) is 7.17. The molecule has 0 bridgehead atoms. The number of nitrogens with one attached hydrogen (secondary N) is 2. The number of hydrogen-bond acceptors (Lipinski definition) is 3. The van der Waals surface area contributed by atoms with Crippen LogP contribution >= 0.6 is 36.6 Å². The Hall–Kier alpha value is -0.490. The second-order valence-corrected chi connectivity index (χ2v) is 4.17. The molecule has 0 fully saturated rings. The maximum Gasteiger partial charge on any atom is 0.158 e. The molecule has 0 saturated heterocycles. The van der Waals surface area contributed by atoms with Crippen LogP contribution in [0.4, 0.5) is 10.1 Å². The molecule has 0 spiro atoms. The SMILES string of the molecule is CCSC(=N)Nc1ccc(F)c(CN)c1.Cl.Cl. The molecule has 3 nitrogen and oxygen atoms in total. The minimum Gasteiger partial charge on any atom is -0.335 e. The first-order valence-corrected chi connectivity index (χ1v) is 5.62. The highest BCUT2D eigenvalue weighted by molar-refractivity contribution is 8.14. The van der Waals surface area contributed by atoms with E-state index in [9.17, 15) is 4.39 Å². The van der Waals surface area contributed by atoms with Gasteiger partial charge in [0.15, 0.2) is 5.17 Å². The van der Waals surface area contributed by atoms with Crippen molar-refractivity contribution in [3.63, 3.8) is 0 Å². The van der Waals surface area contributed by atoms with Crippen molar-refractivity contribution in [2.75, 3.05) is 11.1 Å². The Bertz CT molecular complexity index is 363. The number of benzene rings is 1. The molecule has 0 aliphatic carbocycles. The van der Waals surface area contributed by atoms with Crippen molar-refractivity contribution in [2.45, 2.75) is 13.5 Å². The van der Waals surface area contributed by atoms with Crippen molar-refractivity contribution in [3.8, 4) is 0 Å². The third-order valence-electron chi connectivity index (χ3n) is 1.81. The molecular formula is C10H16Cl2FN3S. The van der Waals surface area contributed by atoms with Gasteiger partial charge < -0.3 is 11.1 Å². The topological polar surface area (TPSA) is 61.9 Å². The number of amidine groups is 1. The average Bonchev–Trinajstić information content (AvgIpc) is 2.21. The minimum absolute atomic E-state index is 0. The number of halogens is 3. The molecule has 1 aromatic carbocycles. The molecule has 7 heteroatoms. The quantitative estimate of drug-likeness (QED) is 0.593. The minimum atomic E-state index is -0.308. The summed E-state index contributed by atoms with van der Waals surface area (Å²) in [5, 5.41) is 10.8. The summed E-state index contributed by atoms with van der Waals surface area (Å²) in [6.07, 6.45) is 0. The van der Waals surface area contributed by atoms with Gasteiger partial charge in [-0.05, 0) is 24.0 Å². The molecule has 0 heterocycles. The van der Waals surface area contributed by atoms with E-state index in [1.165, 1.54) is 17.8 Å². The first kappa shape index (κ1) is 18.9. The van der Waals surface area contributed by atoms with Crippen LogP contribution in [0.25, 0.3) is 0 Å². The zero-order valence-electron chi connectivity index (χ0n) is 9.33. The van der Waals surface area contributed by atoms with E-state index < -0.39 is 0 Å². The highest BCUT2D eigenvalue weighted by Crippen LogP contribution is 2.15. The third-order valence-corrected chi connectivity index (χ3v) is 2.49. The highest BCUT2D eigenvalue weighted by Gasteiger charge is 2.03. The predicted octanol–water partition coefficient (Wildman–Crippen LogP) is 3.23. The first-order valence-electron chi connectivity index (χ1n) is 4.64.